The lowest BCUT2D eigenvalue weighted by Gasteiger charge is -2.20. The third-order valence-corrected chi connectivity index (χ3v) is 7.57. The number of nitrogens with one attached hydrogen (secondary N) is 1. The van der Waals surface area contributed by atoms with Crippen molar-refractivity contribution in [1.82, 2.24) is 4.31 Å². The van der Waals surface area contributed by atoms with Crippen LogP contribution in [0.3, 0.4) is 0 Å². The van der Waals surface area contributed by atoms with Crippen LogP contribution in [0.4, 0.5) is 5.69 Å². The van der Waals surface area contributed by atoms with Gasteiger partial charge in [-0.25, -0.2) is 13.2 Å². The number of nitrogens with zero attached hydrogens (tertiary/aromatic N) is 1. The second kappa shape index (κ2) is 9.99. The molecule has 0 aromatic heterocycles. The van der Waals surface area contributed by atoms with Gasteiger partial charge in [-0.15, -0.1) is 0 Å². The molecule has 1 N–H and O–H groups in total. The van der Waals surface area contributed by atoms with Crippen LogP contribution in [0, 0.1) is 0 Å². The Bertz CT molecular complexity index is 1100. The number of sulfonamides is 1. The molecule has 1 amide bonds. The van der Waals surface area contributed by atoms with Gasteiger partial charge < -0.3 is 10.1 Å². The zero-order valence-corrected chi connectivity index (χ0v) is 19.2. The largest absolute Gasteiger partial charge is 0.465 e. The van der Waals surface area contributed by atoms with Crippen LogP contribution in [-0.2, 0) is 14.8 Å². The summed E-state index contributed by atoms with van der Waals surface area (Å²) in [6.07, 6.45) is 3.59. The Morgan fingerprint density at radius 3 is 2.26 bits per heavy atom. The molecule has 2 aromatic rings. The summed E-state index contributed by atoms with van der Waals surface area (Å²) < 4.78 is 32.3. The van der Waals surface area contributed by atoms with Crippen molar-refractivity contribution in [2.24, 2.45) is 0 Å². The number of benzene rings is 2. The van der Waals surface area contributed by atoms with Crippen molar-refractivity contribution in [3.63, 3.8) is 0 Å². The second-order valence-electron chi connectivity index (χ2n) is 7.10. The predicted molar refractivity (Wildman–Crippen MR) is 119 cm³/mol. The molecule has 2 aromatic carbocycles. The topological polar surface area (TPSA) is 92.8 Å². The summed E-state index contributed by atoms with van der Waals surface area (Å²) in [5, 5.41) is 2.87. The molecular weight excluding hydrogens is 463 g/mol. The fourth-order valence-electron chi connectivity index (χ4n) is 3.33. The van der Waals surface area contributed by atoms with Crippen LogP contribution in [0.25, 0.3) is 0 Å². The maximum atomic E-state index is 13.1. The molecule has 31 heavy (non-hydrogen) atoms. The van der Waals surface area contributed by atoms with Gasteiger partial charge in [0.15, 0.2) is 0 Å². The zero-order chi connectivity index (χ0) is 22.6. The lowest BCUT2D eigenvalue weighted by Crippen LogP contribution is -2.32. The number of ether oxygens (including phenoxy) is 1. The van der Waals surface area contributed by atoms with Gasteiger partial charge in [0.2, 0.25) is 10.0 Å². The normalized spacial score (nSPS) is 15.2. The van der Waals surface area contributed by atoms with E-state index >= 15 is 0 Å². The molecule has 1 aliphatic heterocycles. The van der Waals surface area contributed by atoms with Crippen molar-refractivity contribution in [2.75, 3.05) is 25.5 Å². The lowest BCUT2D eigenvalue weighted by atomic mass is 10.1. The van der Waals surface area contributed by atoms with Gasteiger partial charge in [-0.05, 0) is 49.2 Å². The standard InChI is InChI=1S/C21H22Cl2N2O5S/c1-30-21(27)14-6-8-18(23)19(12-14)24-20(26)16-13-15(7-9-17(16)22)31(28,29)25-10-4-2-3-5-11-25/h6-9,12-13H,2-5,10-11H2,1H3,(H,24,26). The van der Waals surface area contributed by atoms with Crippen molar-refractivity contribution in [3.8, 4) is 0 Å². The molecule has 1 aliphatic rings. The number of methoxy groups -OCH3 is 1. The van der Waals surface area contributed by atoms with Gasteiger partial charge in [0.1, 0.15) is 0 Å². The molecule has 0 radical (unpaired) electrons. The summed E-state index contributed by atoms with van der Waals surface area (Å²) in [7, 11) is -2.51. The molecule has 0 atom stereocenters. The minimum Gasteiger partial charge on any atom is -0.465 e. The lowest BCUT2D eigenvalue weighted by molar-refractivity contribution is 0.0600. The van der Waals surface area contributed by atoms with Gasteiger partial charge in [0.25, 0.3) is 5.91 Å². The van der Waals surface area contributed by atoms with Crippen molar-refractivity contribution in [2.45, 2.75) is 30.6 Å². The number of rotatable bonds is 5. The van der Waals surface area contributed by atoms with Gasteiger partial charge in [-0.1, -0.05) is 36.0 Å². The van der Waals surface area contributed by atoms with Crippen LogP contribution < -0.4 is 5.32 Å². The van der Waals surface area contributed by atoms with Crippen LogP contribution in [0.2, 0.25) is 10.0 Å². The molecule has 1 heterocycles. The quantitative estimate of drug-likeness (QED) is 0.625. The molecule has 7 nitrogen and oxygen atoms in total. The summed E-state index contributed by atoms with van der Waals surface area (Å²) in [5.74, 6) is -1.24. The smallest absolute Gasteiger partial charge is 0.337 e. The second-order valence-corrected chi connectivity index (χ2v) is 9.85. The van der Waals surface area contributed by atoms with E-state index in [1.807, 2.05) is 0 Å². The Morgan fingerprint density at radius 2 is 1.61 bits per heavy atom. The molecule has 0 saturated carbocycles. The molecule has 0 unspecified atom stereocenters. The van der Waals surface area contributed by atoms with Crippen LogP contribution in [0.15, 0.2) is 41.3 Å². The molecule has 10 heteroatoms. The summed E-state index contributed by atoms with van der Waals surface area (Å²) in [6.45, 7) is 0.894. The summed E-state index contributed by atoms with van der Waals surface area (Å²) in [4.78, 5) is 24.6. The van der Waals surface area contributed by atoms with E-state index in [9.17, 15) is 18.0 Å². The van der Waals surface area contributed by atoms with Crippen LogP contribution in [0.5, 0.6) is 0 Å². The van der Waals surface area contributed by atoms with Crippen LogP contribution in [-0.4, -0.2) is 44.8 Å². The van der Waals surface area contributed by atoms with E-state index in [2.05, 4.69) is 10.1 Å². The third kappa shape index (κ3) is 5.38. The highest BCUT2D eigenvalue weighted by Crippen LogP contribution is 2.28. The average Bonchev–Trinajstić information content (AvgIpc) is 3.05. The highest BCUT2D eigenvalue weighted by atomic mass is 35.5. The molecule has 0 aliphatic carbocycles. The number of esters is 1. The first-order valence-electron chi connectivity index (χ1n) is 9.73. The first kappa shape index (κ1) is 23.5. The SMILES string of the molecule is COC(=O)c1ccc(Cl)c(NC(=O)c2cc(S(=O)(=O)N3CCCCCC3)ccc2Cl)c1. The van der Waals surface area contributed by atoms with E-state index in [0.717, 1.165) is 25.7 Å². The highest BCUT2D eigenvalue weighted by molar-refractivity contribution is 7.89. The molecule has 3 rings (SSSR count). The Balaban J connectivity index is 1.90. The number of anilines is 1. The Kier molecular flexibility index (Phi) is 7.59. The third-order valence-electron chi connectivity index (χ3n) is 5.02. The number of hydrogen-bond donors (Lipinski definition) is 1. The van der Waals surface area contributed by atoms with E-state index in [0.29, 0.717) is 13.1 Å². The minimum atomic E-state index is -3.75. The Hall–Kier alpha value is -2.13. The van der Waals surface area contributed by atoms with Gasteiger partial charge in [-0.2, -0.15) is 4.31 Å². The first-order chi connectivity index (χ1) is 14.7. The van der Waals surface area contributed by atoms with Crippen molar-refractivity contribution in [1.29, 1.82) is 0 Å². The number of amides is 1. The maximum Gasteiger partial charge on any atom is 0.337 e. The van der Waals surface area contributed by atoms with Gasteiger partial charge in [0, 0.05) is 13.1 Å². The monoisotopic (exact) mass is 484 g/mol. The van der Waals surface area contributed by atoms with E-state index in [-0.39, 0.29) is 31.8 Å². The molecule has 166 valence electrons. The number of carbonyl (C=O) groups excluding carboxylic acids is 2. The number of halogens is 2. The van der Waals surface area contributed by atoms with Crippen molar-refractivity contribution >= 4 is 50.8 Å². The highest BCUT2D eigenvalue weighted by Gasteiger charge is 2.27. The molecule has 1 saturated heterocycles. The minimum absolute atomic E-state index is 0.00152. The van der Waals surface area contributed by atoms with E-state index in [1.165, 1.54) is 47.8 Å². The first-order valence-corrected chi connectivity index (χ1v) is 11.9. The van der Waals surface area contributed by atoms with Gasteiger partial charge in [0.05, 0.1) is 38.9 Å². The predicted octanol–water partition coefficient (Wildman–Crippen LogP) is 4.60. The van der Waals surface area contributed by atoms with Crippen molar-refractivity contribution in [3.05, 3.63) is 57.6 Å². The zero-order valence-electron chi connectivity index (χ0n) is 16.9. The van der Waals surface area contributed by atoms with E-state index in [1.54, 1.807) is 0 Å². The maximum absolute atomic E-state index is 13.1. The van der Waals surface area contributed by atoms with Crippen molar-refractivity contribution < 1.29 is 22.7 Å². The molecule has 1 fully saturated rings. The number of hydrogen-bond acceptors (Lipinski definition) is 5. The van der Waals surface area contributed by atoms with Gasteiger partial charge >= 0.3 is 5.97 Å². The van der Waals surface area contributed by atoms with Crippen LogP contribution >= 0.6 is 23.2 Å². The molecule has 0 spiro atoms. The fourth-order valence-corrected chi connectivity index (χ4v) is 5.24. The summed E-state index contributed by atoms with van der Waals surface area (Å²) in [5.41, 5.74) is 0.356. The van der Waals surface area contributed by atoms with Crippen LogP contribution in [0.1, 0.15) is 46.4 Å². The van der Waals surface area contributed by atoms with Gasteiger partial charge in [-0.3, -0.25) is 4.79 Å². The summed E-state index contributed by atoms with van der Waals surface area (Å²) in [6, 6.07) is 8.32. The van der Waals surface area contributed by atoms with E-state index < -0.39 is 21.9 Å². The Labute approximate surface area is 191 Å². The van der Waals surface area contributed by atoms with E-state index in [4.69, 9.17) is 23.2 Å². The molecule has 0 bridgehead atoms. The number of carbonyl (C=O) groups is 2. The molecular formula is C21H22Cl2N2O5S. The fraction of sp³-hybridized carbons (Fsp3) is 0.333. The average molecular weight is 485 g/mol. The Morgan fingerprint density at radius 1 is 0.968 bits per heavy atom. The summed E-state index contributed by atoms with van der Waals surface area (Å²) >= 11 is 12.3.